The van der Waals surface area contributed by atoms with Crippen molar-refractivity contribution < 1.29 is 9.53 Å². The van der Waals surface area contributed by atoms with Crippen LogP contribution >= 0.6 is 0 Å². The number of hydrogen-bond donors (Lipinski definition) is 0. The second kappa shape index (κ2) is 6.10. The number of carbonyl (C=O) groups excluding carboxylic acids is 1. The highest BCUT2D eigenvalue weighted by Gasteiger charge is 2.26. The summed E-state index contributed by atoms with van der Waals surface area (Å²) in [6.45, 7) is 1.85. The number of hydrogen-bond acceptors (Lipinski definition) is 3. The van der Waals surface area contributed by atoms with Gasteiger partial charge < -0.3 is 9.64 Å². The molecule has 21 heavy (non-hydrogen) atoms. The molecule has 5 nitrogen and oxygen atoms in total. The SMILES string of the molecule is CN(Cc1cccc(-n2cccn2)c1)C(=O)[C@@H]1CCOC1. The lowest BCUT2D eigenvalue weighted by atomic mass is 10.1. The molecule has 0 unspecified atom stereocenters. The van der Waals surface area contributed by atoms with Crippen LogP contribution in [0, 0.1) is 5.92 Å². The normalized spacial score (nSPS) is 17.9. The van der Waals surface area contributed by atoms with Gasteiger partial charge in [0.15, 0.2) is 0 Å². The zero-order valence-corrected chi connectivity index (χ0v) is 12.1. The van der Waals surface area contributed by atoms with Crippen molar-refractivity contribution >= 4 is 5.91 Å². The Kier molecular flexibility index (Phi) is 4.01. The first kappa shape index (κ1) is 13.8. The number of amides is 1. The van der Waals surface area contributed by atoms with Crippen molar-refractivity contribution in [1.29, 1.82) is 0 Å². The first-order valence-electron chi connectivity index (χ1n) is 7.16. The molecule has 0 N–H and O–H groups in total. The van der Waals surface area contributed by atoms with Gasteiger partial charge in [-0.15, -0.1) is 0 Å². The monoisotopic (exact) mass is 285 g/mol. The van der Waals surface area contributed by atoms with Gasteiger partial charge in [-0.3, -0.25) is 4.79 Å². The molecule has 1 aromatic carbocycles. The van der Waals surface area contributed by atoms with Gasteiger partial charge in [-0.2, -0.15) is 5.10 Å². The molecule has 1 aliphatic heterocycles. The molecule has 1 fully saturated rings. The van der Waals surface area contributed by atoms with E-state index in [9.17, 15) is 4.79 Å². The van der Waals surface area contributed by atoms with Crippen molar-refractivity contribution in [2.45, 2.75) is 13.0 Å². The summed E-state index contributed by atoms with van der Waals surface area (Å²) in [5.74, 6) is 0.182. The fraction of sp³-hybridized carbons (Fsp3) is 0.375. The smallest absolute Gasteiger partial charge is 0.228 e. The lowest BCUT2D eigenvalue weighted by Gasteiger charge is -2.20. The van der Waals surface area contributed by atoms with E-state index >= 15 is 0 Å². The number of ether oxygens (including phenoxy) is 1. The number of nitrogens with zero attached hydrogens (tertiary/aromatic N) is 3. The Balaban J connectivity index is 1.69. The summed E-state index contributed by atoms with van der Waals surface area (Å²) in [5.41, 5.74) is 2.10. The van der Waals surface area contributed by atoms with Crippen LogP contribution in [-0.2, 0) is 16.1 Å². The Hall–Kier alpha value is -2.14. The third kappa shape index (κ3) is 3.13. The summed E-state index contributed by atoms with van der Waals surface area (Å²) < 4.78 is 7.10. The lowest BCUT2D eigenvalue weighted by Crippen LogP contribution is -2.32. The maximum atomic E-state index is 12.3. The summed E-state index contributed by atoms with van der Waals surface area (Å²) in [7, 11) is 1.85. The predicted octanol–water partition coefficient (Wildman–Crippen LogP) is 1.87. The average molecular weight is 285 g/mol. The summed E-state index contributed by atoms with van der Waals surface area (Å²) in [5, 5.41) is 4.22. The van der Waals surface area contributed by atoms with Gasteiger partial charge in [0, 0.05) is 32.6 Å². The third-order valence-corrected chi connectivity index (χ3v) is 3.75. The van der Waals surface area contributed by atoms with Gasteiger partial charge in [0.25, 0.3) is 0 Å². The van der Waals surface area contributed by atoms with Gasteiger partial charge >= 0.3 is 0 Å². The minimum Gasteiger partial charge on any atom is -0.381 e. The molecule has 0 aliphatic carbocycles. The zero-order valence-electron chi connectivity index (χ0n) is 12.1. The third-order valence-electron chi connectivity index (χ3n) is 3.75. The maximum Gasteiger partial charge on any atom is 0.228 e. The van der Waals surface area contributed by atoms with Crippen molar-refractivity contribution in [3.8, 4) is 5.69 Å². The molecular formula is C16H19N3O2. The molecule has 5 heteroatoms. The van der Waals surface area contributed by atoms with Gasteiger partial charge in [-0.05, 0) is 30.2 Å². The molecule has 110 valence electrons. The highest BCUT2D eigenvalue weighted by Crippen LogP contribution is 2.17. The van der Waals surface area contributed by atoms with E-state index in [0.29, 0.717) is 19.8 Å². The van der Waals surface area contributed by atoms with Crippen LogP contribution in [0.2, 0.25) is 0 Å². The number of carbonyl (C=O) groups is 1. The van der Waals surface area contributed by atoms with E-state index in [2.05, 4.69) is 11.2 Å². The molecule has 1 amide bonds. The minimum absolute atomic E-state index is 0.0179. The number of rotatable bonds is 4. The van der Waals surface area contributed by atoms with Crippen molar-refractivity contribution in [2.75, 3.05) is 20.3 Å². The molecule has 1 aromatic heterocycles. The summed E-state index contributed by atoms with van der Waals surface area (Å²) >= 11 is 0. The molecule has 3 rings (SSSR count). The fourth-order valence-electron chi connectivity index (χ4n) is 2.61. The minimum atomic E-state index is 0.0179. The van der Waals surface area contributed by atoms with Crippen LogP contribution in [0.15, 0.2) is 42.7 Å². The topological polar surface area (TPSA) is 47.4 Å². The number of benzene rings is 1. The van der Waals surface area contributed by atoms with Crippen LogP contribution in [0.4, 0.5) is 0 Å². The summed E-state index contributed by atoms with van der Waals surface area (Å²) in [4.78, 5) is 14.1. The van der Waals surface area contributed by atoms with E-state index in [-0.39, 0.29) is 11.8 Å². The van der Waals surface area contributed by atoms with Crippen molar-refractivity contribution in [1.82, 2.24) is 14.7 Å². The van der Waals surface area contributed by atoms with Crippen molar-refractivity contribution in [3.63, 3.8) is 0 Å². The largest absolute Gasteiger partial charge is 0.381 e. The predicted molar refractivity (Wildman–Crippen MR) is 79.0 cm³/mol. The van der Waals surface area contributed by atoms with E-state index in [1.165, 1.54) is 0 Å². The van der Waals surface area contributed by atoms with Gasteiger partial charge in [-0.1, -0.05) is 12.1 Å². The van der Waals surface area contributed by atoms with Gasteiger partial charge in [-0.25, -0.2) is 4.68 Å². The standard InChI is InChI=1S/C16H19N3O2/c1-18(16(20)14-6-9-21-12-14)11-13-4-2-5-15(10-13)19-8-3-7-17-19/h2-5,7-8,10,14H,6,9,11-12H2,1H3/t14-/m1/s1. The lowest BCUT2D eigenvalue weighted by molar-refractivity contribution is -0.134. The Morgan fingerprint density at radius 1 is 1.48 bits per heavy atom. The van der Waals surface area contributed by atoms with Gasteiger partial charge in [0.1, 0.15) is 0 Å². The molecule has 1 saturated heterocycles. The van der Waals surface area contributed by atoms with Crippen LogP contribution in [-0.4, -0.2) is 40.8 Å². The second-order valence-electron chi connectivity index (χ2n) is 5.38. The van der Waals surface area contributed by atoms with Crippen molar-refractivity contribution in [2.24, 2.45) is 5.92 Å². The fourth-order valence-corrected chi connectivity index (χ4v) is 2.61. The van der Waals surface area contributed by atoms with E-state index < -0.39 is 0 Å². The second-order valence-corrected chi connectivity index (χ2v) is 5.38. The van der Waals surface area contributed by atoms with E-state index in [1.54, 1.807) is 11.1 Å². The quantitative estimate of drug-likeness (QED) is 0.861. The Bertz CT molecular complexity index is 604. The Labute approximate surface area is 124 Å². The molecule has 2 aromatic rings. The van der Waals surface area contributed by atoms with Crippen LogP contribution in [0.5, 0.6) is 0 Å². The molecule has 0 spiro atoms. The summed E-state index contributed by atoms with van der Waals surface area (Å²) in [6, 6.07) is 9.97. The van der Waals surface area contributed by atoms with E-state index in [0.717, 1.165) is 17.7 Å². The van der Waals surface area contributed by atoms with Gasteiger partial charge in [0.2, 0.25) is 5.91 Å². The molecule has 1 aliphatic rings. The average Bonchev–Trinajstić information content (AvgIpc) is 3.20. The van der Waals surface area contributed by atoms with Gasteiger partial charge in [0.05, 0.1) is 18.2 Å². The summed E-state index contributed by atoms with van der Waals surface area (Å²) in [6.07, 6.45) is 4.49. The van der Waals surface area contributed by atoms with E-state index in [1.807, 2.05) is 42.2 Å². The van der Waals surface area contributed by atoms with Crippen molar-refractivity contribution in [3.05, 3.63) is 48.3 Å². The molecule has 0 bridgehead atoms. The first-order valence-corrected chi connectivity index (χ1v) is 7.16. The Morgan fingerprint density at radius 3 is 3.10 bits per heavy atom. The Morgan fingerprint density at radius 2 is 2.38 bits per heavy atom. The van der Waals surface area contributed by atoms with Crippen LogP contribution in [0.3, 0.4) is 0 Å². The molecule has 0 saturated carbocycles. The van der Waals surface area contributed by atoms with Crippen LogP contribution < -0.4 is 0 Å². The highest BCUT2D eigenvalue weighted by molar-refractivity contribution is 5.79. The maximum absolute atomic E-state index is 12.3. The van der Waals surface area contributed by atoms with E-state index in [4.69, 9.17) is 4.74 Å². The zero-order chi connectivity index (χ0) is 14.7. The number of aromatic nitrogens is 2. The molecule has 2 heterocycles. The molecular weight excluding hydrogens is 266 g/mol. The van der Waals surface area contributed by atoms with Crippen LogP contribution in [0.25, 0.3) is 5.69 Å². The molecule has 0 radical (unpaired) electrons. The molecule has 1 atom stereocenters. The first-order chi connectivity index (χ1) is 10.2. The highest BCUT2D eigenvalue weighted by atomic mass is 16.5. The van der Waals surface area contributed by atoms with Crippen LogP contribution in [0.1, 0.15) is 12.0 Å².